The van der Waals surface area contributed by atoms with Gasteiger partial charge in [-0.15, -0.1) is 0 Å². The fourth-order valence-corrected chi connectivity index (χ4v) is 3.01. The quantitative estimate of drug-likeness (QED) is 0.826. The Bertz CT molecular complexity index is 608. The number of amides is 2. The molecular formula is C18H26BrN3O3. The van der Waals surface area contributed by atoms with Crippen LogP contribution >= 0.6 is 15.9 Å². The monoisotopic (exact) mass is 411 g/mol. The summed E-state index contributed by atoms with van der Waals surface area (Å²) < 4.78 is 6.18. The second kappa shape index (κ2) is 8.67. The molecule has 138 valence electrons. The maximum atomic E-state index is 12.2. The molecule has 1 N–H and O–H groups in total. The second-order valence-corrected chi connectivity index (χ2v) is 7.90. The van der Waals surface area contributed by atoms with Crippen LogP contribution in [0.2, 0.25) is 0 Å². The summed E-state index contributed by atoms with van der Waals surface area (Å²) in [6.45, 7) is 9.80. The van der Waals surface area contributed by atoms with E-state index in [2.05, 4.69) is 26.1 Å². The molecule has 1 fully saturated rings. The summed E-state index contributed by atoms with van der Waals surface area (Å²) in [5.74, 6) is -0.0835. The summed E-state index contributed by atoms with van der Waals surface area (Å²) in [4.78, 5) is 28.2. The van der Waals surface area contributed by atoms with E-state index in [9.17, 15) is 9.59 Å². The lowest BCUT2D eigenvalue weighted by Crippen LogP contribution is -2.51. The number of carbonyl (C=O) groups is 2. The van der Waals surface area contributed by atoms with Gasteiger partial charge in [-0.1, -0.05) is 12.1 Å². The van der Waals surface area contributed by atoms with Gasteiger partial charge in [0.1, 0.15) is 5.60 Å². The van der Waals surface area contributed by atoms with Gasteiger partial charge in [-0.2, -0.15) is 0 Å². The Morgan fingerprint density at radius 2 is 1.80 bits per heavy atom. The Morgan fingerprint density at radius 1 is 1.16 bits per heavy atom. The Balaban J connectivity index is 1.70. The summed E-state index contributed by atoms with van der Waals surface area (Å²) in [6.07, 6.45) is -0.255. The van der Waals surface area contributed by atoms with Gasteiger partial charge < -0.3 is 15.0 Å². The van der Waals surface area contributed by atoms with E-state index < -0.39 is 5.60 Å². The fourth-order valence-electron chi connectivity index (χ4n) is 2.55. The molecule has 0 spiro atoms. The van der Waals surface area contributed by atoms with Crippen molar-refractivity contribution < 1.29 is 14.3 Å². The van der Waals surface area contributed by atoms with E-state index >= 15 is 0 Å². The van der Waals surface area contributed by atoms with Gasteiger partial charge in [0, 0.05) is 43.7 Å². The van der Waals surface area contributed by atoms with Crippen molar-refractivity contribution in [3.63, 3.8) is 0 Å². The van der Waals surface area contributed by atoms with Gasteiger partial charge in [-0.3, -0.25) is 9.69 Å². The molecule has 0 saturated carbocycles. The molecule has 0 atom stereocenters. The molecule has 1 aromatic rings. The van der Waals surface area contributed by atoms with Crippen LogP contribution in [0.4, 0.5) is 4.79 Å². The maximum Gasteiger partial charge on any atom is 0.410 e. The zero-order valence-corrected chi connectivity index (χ0v) is 16.6. The highest BCUT2D eigenvalue weighted by Gasteiger charge is 2.25. The third kappa shape index (κ3) is 6.32. The highest BCUT2D eigenvalue weighted by Crippen LogP contribution is 2.15. The van der Waals surface area contributed by atoms with E-state index in [0.29, 0.717) is 25.2 Å². The van der Waals surface area contributed by atoms with Crippen molar-refractivity contribution in [3.05, 3.63) is 34.3 Å². The first-order valence-corrected chi connectivity index (χ1v) is 9.28. The number of hydrogen-bond acceptors (Lipinski definition) is 4. The molecule has 1 aromatic carbocycles. The van der Waals surface area contributed by atoms with E-state index in [1.54, 1.807) is 11.0 Å². The first kappa shape index (κ1) is 19.7. The molecule has 0 aromatic heterocycles. The van der Waals surface area contributed by atoms with Crippen LogP contribution < -0.4 is 5.32 Å². The van der Waals surface area contributed by atoms with Crippen LogP contribution in [0.25, 0.3) is 0 Å². The third-order valence-corrected chi connectivity index (χ3v) is 4.55. The molecule has 1 heterocycles. The average Bonchev–Trinajstić information content (AvgIpc) is 2.54. The number of nitrogens with one attached hydrogen (secondary N) is 1. The minimum absolute atomic E-state index is 0.0835. The summed E-state index contributed by atoms with van der Waals surface area (Å²) >= 11 is 3.39. The molecule has 0 unspecified atom stereocenters. The second-order valence-electron chi connectivity index (χ2n) is 7.04. The minimum Gasteiger partial charge on any atom is -0.444 e. The summed E-state index contributed by atoms with van der Waals surface area (Å²) in [7, 11) is 0. The highest BCUT2D eigenvalue weighted by molar-refractivity contribution is 9.10. The van der Waals surface area contributed by atoms with E-state index in [1.165, 1.54) is 0 Å². The van der Waals surface area contributed by atoms with Crippen molar-refractivity contribution >= 4 is 27.9 Å². The van der Waals surface area contributed by atoms with Gasteiger partial charge in [0.25, 0.3) is 5.91 Å². The molecule has 0 aliphatic carbocycles. The van der Waals surface area contributed by atoms with Gasteiger partial charge >= 0.3 is 6.09 Å². The Morgan fingerprint density at radius 3 is 2.40 bits per heavy atom. The van der Waals surface area contributed by atoms with Crippen LogP contribution in [-0.2, 0) is 4.74 Å². The van der Waals surface area contributed by atoms with Crippen molar-refractivity contribution in [1.29, 1.82) is 0 Å². The lowest BCUT2D eigenvalue weighted by molar-refractivity contribution is 0.0147. The van der Waals surface area contributed by atoms with E-state index in [4.69, 9.17) is 4.74 Å². The molecule has 7 heteroatoms. The van der Waals surface area contributed by atoms with Crippen molar-refractivity contribution in [1.82, 2.24) is 15.1 Å². The zero-order valence-electron chi connectivity index (χ0n) is 15.0. The van der Waals surface area contributed by atoms with Crippen LogP contribution in [0.5, 0.6) is 0 Å². The average molecular weight is 412 g/mol. The molecular weight excluding hydrogens is 386 g/mol. The van der Waals surface area contributed by atoms with Gasteiger partial charge in [0.15, 0.2) is 0 Å². The van der Waals surface area contributed by atoms with Gasteiger partial charge in [-0.05, 0) is 48.8 Å². The number of ether oxygens (including phenoxy) is 1. The predicted octanol–water partition coefficient (Wildman–Crippen LogP) is 2.73. The highest BCUT2D eigenvalue weighted by atomic mass is 79.9. The number of benzene rings is 1. The number of rotatable bonds is 4. The lowest BCUT2D eigenvalue weighted by atomic mass is 10.2. The number of piperazine rings is 1. The minimum atomic E-state index is -0.468. The zero-order chi connectivity index (χ0) is 18.4. The normalized spacial score (nSPS) is 15.8. The summed E-state index contributed by atoms with van der Waals surface area (Å²) in [5, 5.41) is 2.94. The molecule has 2 rings (SSSR count). The van der Waals surface area contributed by atoms with Crippen LogP contribution in [0, 0.1) is 0 Å². The summed E-state index contributed by atoms with van der Waals surface area (Å²) in [5.41, 5.74) is 0.168. The Hall–Kier alpha value is -1.60. The van der Waals surface area contributed by atoms with Crippen LogP contribution in [-0.4, -0.2) is 66.7 Å². The van der Waals surface area contributed by atoms with Gasteiger partial charge in [-0.25, -0.2) is 4.79 Å². The van der Waals surface area contributed by atoms with E-state index in [0.717, 1.165) is 24.1 Å². The predicted molar refractivity (Wildman–Crippen MR) is 101 cm³/mol. The van der Waals surface area contributed by atoms with Crippen LogP contribution in [0.1, 0.15) is 31.1 Å². The first-order chi connectivity index (χ1) is 11.8. The smallest absolute Gasteiger partial charge is 0.410 e. The molecule has 25 heavy (non-hydrogen) atoms. The third-order valence-electron chi connectivity index (χ3n) is 3.86. The molecule has 6 nitrogen and oxygen atoms in total. The van der Waals surface area contributed by atoms with Gasteiger partial charge in [0.2, 0.25) is 0 Å². The van der Waals surface area contributed by atoms with Crippen LogP contribution in [0.15, 0.2) is 28.7 Å². The number of hydrogen-bond donors (Lipinski definition) is 1. The molecule has 1 aliphatic heterocycles. The van der Waals surface area contributed by atoms with Crippen molar-refractivity contribution in [2.45, 2.75) is 26.4 Å². The lowest BCUT2D eigenvalue weighted by Gasteiger charge is -2.35. The van der Waals surface area contributed by atoms with Crippen molar-refractivity contribution in [2.24, 2.45) is 0 Å². The van der Waals surface area contributed by atoms with Crippen LogP contribution in [0.3, 0.4) is 0 Å². The molecule has 0 radical (unpaired) electrons. The number of nitrogens with zero attached hydrogens (tertiary/aromatic N) is 2. The van der Waals surface area contributed by atoms with E-state index in [1.807, 2.05) is 39.0 Å². The van der Waals surface area contributed by atoms with Crippen molar-refractivity contribution in [2.75, 3.05) is 39.3 Å². The number of carbonyl (C=O) groups excluding carboxylic acids is 2. The topological polar surface area (TPSA) is 61.9 Å². The largest absolute Gasteiger partial charge is 0.444 e. The molecule has 0 bridgehead atoms. The molecule has 2 amide bonds. The molecule has 1 aliphatic rings. The maximum absolute atomic E-state index is 12.2. The Kier molecular flexibility index (Phi) is 6.84. The SMILES string of the molecule is CC(C)(C)OC(=O)N1CCN(CCNC(=O)c2ccccc2Br)CC1. The first-order valence-electron chi connectivity index (χ1n) is 8.49. The summed E-state index contributed by atoms with van der Waals surface area (Å²) in [6, 6.07) is 7.37. The van der Waals surface area contributed by atoms with Crippen molar-refractivity contribution in [3.8, 4) is 0 Å². The Labute approximate surface area is 157 Å². The molecule has 1 saturated heterocycles. The van der Waals surface area contributed by atoms with Gasteiger partial charge in [0.05, 0.1) is 5.56 Å². The fraction of sp³-hybridized carbons (Fsp3) is 0.556. The van der Waals surface area contributed by atoms with E-state index in [-0.39, 0.29) is 12.0 Å². The standard InChI is InChI=1S/C18H26BrN3O3/c1-18(2,3)25-17(24)22-12-10-21(11-13-22)9-8-20-16(23)14-6-4-5-7-15(14)19/h4-7H,8-13H2,1-3H3,(H,20,23). The number of halogens is 1.